The molecule has 0 aliphatic carbocycles. The molecule has 0 fully saturated rings. The zero-order chi connectivity index (χ0) is 5.98. The minimum Gasteiger partial charge on any atom is -0.285 e. The number of aromatic nitrogens is 1. The first kappa shape index (κ1) is 5.38. The van der Waals surface area contributed by atoms with Crippen LogP contribution in [0.1, 0.15) is 0 Å². The fourth-order valence-electron chi connectivity index (χ4n) is 0.400. The van der Waals surface area contributed by atoms with Gasteiger partial charge in [0, 0.05) is 16.9 Å². The Bertz CT molecular complexity index is 151. The van der Waals surface area contributed by atoms with Gasteiger partial charge in [-0.1, -0.05) is 11.6 Å². The molecule has 0 spiro atoms. The molecule has 0 saturated carbocycles. The molecule has 3 heteroatoms. The van der Waals surface area contributed by atoms with Crippen molar-refractivity contribution in [3.05, 3.63) is 29.5 Å². The molecule has 0 aromatic carbocycles. The molecule has 1 aromatic heterocycles. The third-order valence-electron chi connectivity index (χ3n) is 0.773. The van der Waals surface area contributed by atoms with E-state index in [-0.39, 0.29) is 0 Å². The van der Waals surface area contributed by atoms with Crippen molar-refractivity contribution in [3.63, 3.8) is 0 Å². The summed E-state index contributed by atoms with van der Waals surface area (Å²) in [6.07, 6.45) is 2.92. The van der Waals surface area contributed by atoms with E-state index < -0.39 is 0 Å². The molecular formula is C5H5ClNO+. The quantitative estimate of drug-likeness (QED) is 0.409. The second-order valence-corrected chi connectivity index (χ2v) is 1.83. The van der Waals surface area contributed by atoms with Gasteiger partial charge >= 0.3 is 0 Å². The lowest BCUT2D eigenvalue weighted by atomic mass is 10.5. The van der Waals surface area contributed by atoms with E-state index >= 15 is 0 Å². The summed E-state index contributed by atoms with van der Waals surface area (Å²) in [4.78, 5) is 0. The van der Waals surface area contributed by atoms with E-state index in [1.807, 2.05) is 0 Å². The van der Waals surface area contributed by atoms with Crippen LogP contribution >= 0.6 is 11.6 Å². The molecule has 0 atom stereocenters. The van der Waals surface area contributed by atoms with Crippen LogP contribution in [0.25, 0.3) is 0 Å². The van der Waals surface area contributed by atoms with Crippen molar-refractivity contribution in [2.45, 2.75) is 0 Å². The Labute approximate surface area is 51.9 Å². The van der Waals surface area contributed by atoms with Gasteiger partial charge in [0.25, 0.3) is 0 Å². The van der Waals surface area contributed by atoms with Gasteiger partial charge in [-0.15, -0.1) is 0 Å². The average Bonchev–Trinajstić information content (AvgIpc) is 1.77. The maximum atomic E-state index is 8.61. The zero-order valence-electron chi connectivity index (χ0n) is 4.08. The van der Waals surface area contributed by atoms with Crippen LogP contribution in [-0.4, -0.2) is 5.21 Å². The van der Waals surface area contributed by atoms with E-state index in [1.54, 1.807) is 12.1 Å². The van der Waals surface area contributed by atoms with Crippen LogP contribution in [0.15, 0.2) is 24.5 Å². The molecule has 0 saturated heterocycles. The van der Waals surface area contributed by atoms with Gasteiger partial charge in [-0.05, 0) is 0 Å². The van der Waals surface area contributed by atoms with Gasteiger partial charge in [0.2, 0.25) is 12.4 Å². The largest absolute Gasteiger partial charge is 0.285 e. The van der Waals surface area contributed by atoms with E-state index in [9.17, 15) is 0 Å². The lowest BCUT2D eigenvalue weighted by molar-refractivity contribution is -0.904. The maximum absolute atomic E-state index is 8.61. The SMILES string of the molecule is O[n+]1ccc(Cl)cc1. The first-order chi connectivity index (χ1) is 3.79. The van der Waals surface area contributed by atoms with E-state index in [2.05, 4.69) is 0 Å². The minimum absolute atomic E-state index is 0.621. The van der Waals surface area contributed by atoms with Crippen LogP contribution in [0, 0.1) is 0 Å². The average molecular weight is 131 g/mol. The van der Waals surface area contributed by atoms with Gasteiger partial charge in [-0.3, -0.25) is 5.21 Å². The fourth-order valence-corrected chi connectivity index (χ4v) is 0.513. The summed E-state index contributed by atoms with van der Waals surface area (Å²) >= 11 is 5.49. The Hall–Kier alpha value is -0.760. The van der Waals surface area contributed by atoms with Crippen molar-refractivity contribution in [2.75, 3.05) is 0 Å². The van der Waals surface area contributed by atoms with E-state index in [1.165, 1.54) is 12.4 Å². The lowest BCUT2D eigenvalue weighted by Crippen LogP contribution is -2.27. The molecule has 1 rings (SSSR count). The molecule has 8 heavy (non-hydrogen) atoms. The molecule has 42 valence electrons. The molecule has 1 aromatic rings. The van der Waals surface area contributed by atoms with Crippen molar-refractivity contribution in [3.8, 4) is 0 Å². The molecule has 0 aliphatic rings. The highest BCUT2D eigenvalue weighted by Gasteiger charge is 1.91. The highest BCUT2D eigenvalue weighted by molar-refractivity contribution is 6.30. The van der Waals surface area contributed by atoms with Crippen molar-refractivity contribution < 1.29 is 9.94 Å². The molecule has 0 bridgehead atoms. The summed E-state index contributed by atoms with van der Waals surface area (Å²) in [5.41, 5.74) is 0. The maximum Gasteiger partial charge on any atom is 0.223 e. The van der Waals surface area contributed by atoms with Gasteiger partial charge in [0.1, 0.15) is 0 Å². The minimum atomic E-state index is 0.621. The van der Waals surface area contributed by atoms with Crippen molar-refractivity contribution in [2.24, 2.45) is 0 Å². The van der Waals surface area contributed by atoms with Crippen LogP contribution < -0.4 is 4.73 Å². The van der Waals surface area contributed by atoms with Crippen LogP contribution in [-0.2, 0) is 0 Å². The highest BCUT2D eigenvalue weighted by atomic mass is 35.5. The standard InChI is InChI=1S/C5H5ClNO/c6-5-1-3-7(8)4-2-5/h1-4,8H/q+1. The summed E-state index contributed by atoms with van der Waals surface area (Å²) in [6.45, 7) is 0. The molecular weight excluding hydrogens is 126 g/mol. The number of hydrogen-bond acceptors (Lipinski definition) is 1. The molecule has 1 heterocycles. The van der Waals surface area contributed by atoms with Gasteiger partial charge < -0.3 is 0 Å². The summed E-state index contributed by atoms with van der Waals surface area (Å²) in [6, 6.07) is 3.20. The highest BCUT2D eigenvalue weighted by Crippen LogP contribution is 2.00. The van der Waals surface area contributed by atoms with Crippen molar-refractivity contribution in [1.29, 1.82) is 0 Å². The van der Waals surface area contributed by atoms with Gasteiger partial charge in [-0.25, -0.2) is 0 Å². The summed E-state index contributed by atoms with van der Waals surface area (Å²) in [5, 5.41) is 9.24. The molecule has 0 radical (unpaired) electrons. The third kappa shape index (κ3) is 1.10. The smallest absolute Gasteiger partial charge is 0.223 e. The topological polar surface area (TPSA) is 24.1 Å². The van der Waals surface area contributed by atoms with E-state index in [0.29, 0.717) is 5.02 Å². The van der Waals surface area contributed by atoms with E-state index in [0.717, 1.165) is 4.73 Å². The Kier molecular flexibility index (Phi) is 1.35. The number of rotatable bonds is 0. The van der Waals surface area contributed by atoms with Crippen LogP contribution in [0.5, 0.6) is 0 Å². The second kappa shape index (κ2) is 2.01. The molecule has 2 nitrogen and oxygen atoms in total. The first-order valence-corrected chi connectivity index (χ1v) is 2.53. The predicted octanol–water partition coefficient (Wildman–Crippen LogP) is 0.865. The second-order valence-electron chi connectivity index (χ2n) is 1.40. The lowest BCUT2D eigenvalue weighted by Gasteiger charge is -1.80. The third-order valence-corrected chi connectivity index (χ3v) is 1.02. The fraction of sp³-hybridized carbons (Fsp3) is 0. The Morgan fingerprint density at radius 2 is 1.88 bits per heavy atom. The Balaban J connectivity index is 3.03. The molecule has 1 N–H and O–H groups in total. The summed E-state index contributed by atoms with van der Waals surface area (Å²) in [7, 11) is 0. The van der Waals surface area contributed by atoms with Gasteiger partial charge in [-0.2, -0.15) is 0 Å². The zero-order valence-corrected chi connectivity index (χ0v) is 4.84. The van der Waals surface area contributed by atoms with Crippen LogP contribution in [0.4, 0.5) is 0 Å². The molecule has 0 unspecified atom stereocenters. The van der Waals surface area contributed by atoms with Crippen molar-refractivity contribution >= 4 is 11.6 Å². The number of hydrogen-bond donors (Lipinski definition) is 1. The Morgan fingerprint density at radius 1 is 1.38 bits per heavy atom. The molecule has 0 aliphatic heterocycles. The summed E-state index contributed by atoms with van der Waals surface area (Å²) in [5.74, 6) is 0. The normalized spacial score (nSPS) is 9.12. The van der Waals surface area contributed by atoms with Gasteiger partial charge in [0.15, 0.2) is 0 Å². The van der Waals surface area contributed by atoms with E-state index in [4.69, 9.17) is 16.8 Å². The number of nitrogens with zero attached hydrogens (tertiary/aromatic N) is 1. The summed E-state index contributed by atoms with van der Waals surface area (Å²) < 4.78 is 0.936. The van der Waals surface area contributed by atoms with Crippen LogP contribution in [0.3, 0.4) is 0 Å². The monoisotopic (exact) mass is 130 g/mol. The van der Waals surface area contributed by atoms with Crippen molar-refractivity contribution in [1.82, 2.24) is 0 Å². The first-order valence-electron chi connectivity index (χ1n) is 2.15. The van der Waals surface area contributed by atoms with Crippen LogP contribution in [0.2, 0.25) is 5.02 Å². The number of halogens is 1. The predicted molar refractivity (Wildman–Crippen MR) is 28.8 cm³/mol. The Morgan fingerprint density at radius 3 is 2.25 bits per heavy atom. The number of pyridine rings is 1. The van der Waals surface area contributed by atoms with Gasteiger partial charge in [0.05, 0.1) is 5.02 Å². The molecule has 0 amide bonds.